The molecule has 0 unspecified atom stereocenters. The van der Waals surface area contributed by atoms with Gasteiger partial charge < -0.3 is 29.5 Å². The number of aliphatic carboxylic acids is 1. The first-order valence-corrected chi connectivity index (χ1v) is 14.6. The number of nitrogens with zero attached hydrogens (tertiary/aromatic N) is 1. The van der Waals surface area contributed by atoms with Gasteiger partial charge in [0, 0.05) is 26.0 Å². The van der Waals surface area contributed by atoms with Crippen LogP contribution in [0.1, 0.15) is 93.7 Å². The molecule has 0 saturated heterocycles. The van der Waals surface area contributed by atoms with Crippen LogP contribution in [0.3, 0.4) is 0 Å². The second-order valence-corrected chi connectivity index (χ2v) is 11.0. The smallest absolute Gasteiger partial charge is 0.329 e. The maximum atomic E-state index is 13.8. The van der Waals surface area contributed by atoms with Gasteiger partial charge in [0.15, 0.2) is 0 Å². The molecule has 2 aliphatic rings. The minimum absolute atomic E-state index is 0.144. The summed E-state index contributed by atoms with van der Waals surface area (Å²) in [5, 5.41) is 12.9. The number of hydrogen-bond donors (Lipinski definition) is 2. The van der Waals surface area contributed by atoms with Crippen LogP contribution in [0.15, 0.2) is 42.5 Å². The highest BCUT2D eigenvalue weighted by Gasteiger charge is 2.53. The lowest BCUT2D eigenvalue weighted by atomic mass is 9.74. The van der Waals surface area contributed by atoms with Crippen molar-refractivity contribution in [2.45, 2.75) is 90.0 Å². The Labute approximate surface area is 238 Å². The molecule has 0 spiro atoms. The molecule has 0 aliphatic heterocycles. The minimum Gasteiger partial charge on any atom is -0.493 e. The van der Waals surface area contributed by atoms with Gasteiger partial charge in [0.1, 0.15) is 11.3 Å². The van der Waals surface area contributed by atoms with Gasteiger partial charge in [-0.3, -0.25) is 0 Å². The predicted octanol–water partition coefficient (Wildman–Crippen LogP) is 6.14. The normalized spacial score (nSPS) is 21.7. The predicted molar refractivity (Wildman–Crippen MR) is 154 cm³/mol. The van der Waals surface area contributed by atoms with E-state index in [9.17, 15) is 14.7 Å². The molecule has 0 aromatic heterocycles. The molecule has 2 atom stereocenters. The molecule has 2 amide bonds. The molecule has 40 heavy (non-hydrogen) atoms. The first kappa shape index (κ1) is 29.9. The second kappa shape index (κ2) is 13.0. The van der Waals surface area contributed by atoms with Gasteiger partial charge in [-0.2, -0.15) is 0 Å². The summed E-state index contributed by atoms with van der Waals surface area (Å²) in [6.07, 6.45) is 2.51. The number of hydrogen-bond acceptors (Lipinski definition) is 5. The van der Waals surface area contributed by atoms with Crippen LogP contribution in [-0.4, -0.2) is 60.0 Å². The van der Waals surface area contributed by atoms with Crippen LogP contribution >= 0.6 is 0 Å². The number of nitrogens with one attached hydrogen (secondary N) is 1. The Bertz CT molecular complexity index is 1160. The number of urea groups is 1. The Balaban J connectivity index is 1.56. The van der Waals surface area contributed by atoms with Crippen LogP contribution in [0.2, 0.25) is 0 Å². The van der Waals surface area contributed by atoms with Crippen LogP contribution in [0.5, 0.6) is 5.75 Å². The highest BCUT2D eigenvalue weighted by Crippen LogP contribution is 2.47. The molecule has 2 aromatic carbocycles. The van der Waals surface area contributed by atoms with E-state index in [0.29, 0.717) is 32.3 Å². The van der Waals surface area contributed by atoms with Crippen molar-refractivity contribution in [3.05, 3.63) is 64.7 Å². The molecule has 0 heterocycles. The number of carboxylic acid groups (broad SMARTS) is 1. The standard InChI is InChI=1S/C32H44N2O6/c1-6-38-26-19-32(20-26,30(35)36)33-31(37)34(17-18-40-23(5)24-11-9-8-10-12-24)22(4)27-15-16-28(25-13-14-25)29(21(27)3)39-7-2/h8-12,15-16,22-23,25-26H,6-7,13-14,17-20H2,1-5H3,(H,33,37)(H,35,36)/t22-,23+,26?,32?/m1/s1. The lowest BCUT2D eigenvalue weighted by molar-refractivity contribution is -0.156. The molecule has 2 fully saturated rings. The summed E-state index contributed by atoms with van der Waals surface area (Å²) in [7, 11) is 0. The monoisotopic (exact) mass is 552 g/mol. The highest BCUT2D eigenvalue weighted by molar-refractivity contribution is 5.87. The summed E-state index contributed by atoms with van der Waals surface area (Å²) < 4.78 is 17.8. The number of benzene rings is 2. The van der Waals surface area contributed by atoms with E-state index >= 15 is 0 Å². The zero-order valence-electron chi connectivity index (χ0n) is 24.4. The van der Waals surface area contributed by atoms with Crippen molar-refractivity contribution < 1.29 is 28.9 Å². The SMILES string of the molecule is CCOc1c(C2CC2)ccc([C@@H](C)N(CCO[C@@H](C)c2ccccc2)C(=O)NC2(C(=O)O)CC(OCC)C2)c1C. The molecule has 2 saturated carbocycles. The fourth-order valence-corrected chi connectivity index (χ4v) is 5.70. The van der Waals surface area contributed by atoms with Crippen molar-refractivity contribution in [1.29, 1.82) is 0 Å². The number of amides is 2. The van der Waals surface area contributed by atoms with Crippen molar-refractivity contribution in [3.63, 3.8) is 0 Å². The Morgan fingerprint density at radius 2 is 1.77 bits per heavy atom. The van der Waals surface area contributed by atoms with Crippen molar-refractivity contribution in [2.24, 2.45) is 0 Å². The van der Waals surface area contributed by atoms with E-state index in [1.165, 1.54) is 18.4 Å². The van der Waals surface area contributed by atoms with Gasteiger partial charge in [-0.05, 0) is 75.6 Å². The first-order valence-electron chi connectivity index (χ1n) is 14.6. The lowest BCUT2D eigenvalue weighted by Crippen LogP contribution is -2.66. The topological polar surface area (TPSA) is 97.3 Å². The summed E-state index contributed by atoms with van der Waals surface area (Å²) >= 11 is 0. The minimum atomic E-state index is -1.34. The molecule has 2 aromatic rings. The summed E-state index contributed by atoms with van der Waals surface area (Å²) in [6, 6.07) is 13.4. The van der Waals surface area contributed by atoms with Gasteiger partial charge in [-0.1, -0.05) is 42.5 Å². The number of ether oxygens (including phenoxy) is 3. The first-order chi connectivity index (χ1) is 19.2. The maximum Gasteiger partial charge on any atom is 0.329 e. The molecular formula is C32H44N2O6. The second-order valence-electron chi connectivity index (χ2n) is 11.0. The summed E-state index contributed by atoms with van der Waals surface area (Å²) in [5.41, 5.74) is 2.94. The number of carbonyl (C=O) groups is 2. The van der Waals surface area contributed by atoms with E-state index in [-0.39, 0.29) is 31.1 Å². The van der Waals surface area contributed by atoms with Crippen LogP contribution in [0.4, 0.5) is 4.79 Å². The Morgan fingerprint density at radius 1 is 1.07 bits per heavy atom. The fourth-order valence-electron chi connectivity index (χ4n) is 5.70. The third kappa shape index (κ3) is 6.61. The third-order valence-electron chi connectivity index (χ3n) is 8.24. The van der Waals surface area contributed by atoms with Crippen LogP contribution in [-0.2, 0) is 14.3 Å². The van der Waals surface area contributed by atoms with E-state index in [1.54, 1.807) is 4.90 Å². The van der Waals surface area contributed by atoms with Crippen molar-refractivity contribution >= 4 is 12.0 Å². The quantitative estimate of drug-likeness (QED) is 0.292. The third-order valence-corrected chi connectivity index (χ3v) is 8.24. The average Bonchev–Trinajstić information content (AvgIpc) is 3.76. The van der Waals surface area contributed by atoms with E-state index in [0.717, 1.165) is 22.4 Å². The van der Waals surface area contributed by atoms with E-state index in [1.807, 2.05) is 65.0 Å². The lowest BCUT2D eigenvalue weighted by Gasteiger charge is -2.45. The molecule has 0 radical (unpaired) electrons. The van der Waals surface area contributed by atoms with Crippen LogP contribution in [0, 0.1) is 6.92 Å². The van der Waals surface area contributed by atoms with Crippen molar-refractivity contribution in [2.75, 3.05) is 26.4 Å². The number of carboxylic acids is 1. The molecule has 4 rings (SSSR count). The summed E-state index contributed by atoms with van der Waals surface area (Å²) in [4.78, 5) is 27.8. The van der Waals surface area contributed by atoms with E-state index in [2.05, 4.69) is 17.4 Å². The molecule has 2 N–H and O–H groups in total. The highest BCUT2D eigenvalue weighted by atomic mass is 16.5. The molecular weight excluding hydrogens is 508 g/mol. The van der Waals surface area contributed by atoms with Gasteiger partial charge in [0.2, 0.25) is 0 Å². The van der Waals surface area contributed by atoms with Gasteiger partial charge in [0.25, 0.3) is 0 Å². The van der Waals surface area contributed by atoms with Crippen LogP contribution in [0.25, 0.3) is 0 Å². The number of rotatable bonds is 14. The fraction of sp³-hybridized carbons (Fsp3) is 0.562. The summed E-state index contributed by atoms with van der Waals surface area (Å²) in [6.45, 7) is 11.5. The van der Waals surface area contributed by atoms with E-state index < -0.39 is 17.5 Å². The van der Waals surface area contributed by atoms with Crippen molar-refractivity contribution in [1.82, 2.24) is 10.2 Å². The Morgan fingerprint density at radius 3 is 2.38 bits per heavy atom. The van der Waals surface area contributed by atoms with Crippen molar-refractivity contribution in [3.8, 4) is 5.75 Å². The van der Waals surface area contributed by atoms with Crippen LogP contribution < -0.4 is 10.1 Å². The van der Waals surface area contributed by atoms with Gasteiger partial charge in [-0.15, -0.1) is 0 Å². The van der Waals surface area contributed by atoms with Gasteiger partial charge in [0.05, 0.1) is 31.5 Å². The Hall–Kier alpha value is -3.10. The molecule has 8 nitrogen and oxygen atoms in total. The average molecular weight is 553 g/mol. The molecule has 0 bridgehead atoms. The van der Waals surface area contributed by atoms with Gasteiger partial charge >= 0.3 is 12.0 Å². The largest absolute Gasteiger partial charge is 0.493 e. The maximum absolute atomic E-state index is 13.8. The Kier molecular flexibility index (Phi) is 9.74. The van der Waals surface area contributed by atoms with E-state index in [4.69, 9.17) is 14.2 Å². The van der Waals surface area contributed by atoms with Gasteiger partial charge in [-0.25, -0.2) is 9.59 Å². The molecule has 2 aliphatic carbocycles. The number of carbonyl (C=O) groups excluding carboxylic acids is 1. The zero-order chi connectivity index (χ0) is 28.9. The molecule has 218 valence electrons. The zero-order valence-corrected chi connectivity index (χ0v) is 24.4. The summed E-state index contributed by atoms with van der Waals surface area (Å²) in [5.74, 6) is 0.398. The molecule has 8 heteroatoms.